The highest BCUT2D eigenvalue weighted by Gasteiger charge is 2.22. The summed E-state index contributed by atoms with van der Waals surface area (Å²) in [7, 11) is 0. The molecule has 1 unspecified atom stereocenters. The van der Waals surface area contributed by atoms with E-state index < -0.39 is 0 Å². The molecule has 0 aliphatic rings. The lowest BCUT2D eigenvalue weighted by Crippen LogP contribution is -2.39. The van der Waals surface area contributed by atoms with Crippen molar-refractivity contribution < 1.29 is 4.79 Å². The van der Waals surface area contributed by atoms with E-state index in [0.717, 1.165) is 41.4 Å². The average molecular weight is 350 g/mol. The van der Waals surface area contributed by atoms with Crippen LogP contribution in [0.2, 0.25) is 0 Å². The van der Waals surface area contributed by atoms with Gasteiger partial charge in [-0.25, -0.2) is 0 Å². The van der Waals surface area contributed by atoms with Gasteiger partial charge in [0.1, 0.15) is 0 Å². The topological polar surface area (TPSA) is 20.3 Å². The molecule has 0 bridgehead atoms. The van der Waals surface area contributed by atoms with Crippen molar-refractivity contribution in [3.63, 3.8) is 0 Å². The van der Waals surface area contributed by atoms with Crippen molar-refractivity contribution in [3.05, 3.63) is 28.2 Å². The van der Waals surface area contributed by atoms with Gasteiger partial charge in [0, 0.05) is 29.5 Å². The zero-order valence-corrected chi connectivity index (χ0v) is 15.0. The van der Waals surface area contributed by atoms with Crippen molar-refractivity contribution in [2.75, 3.05) is 4.90 Å². The van der Waals surface area contributed by atoms with Crippen LogP contribution in [-0.2, 0) is 4.79 Å². The number of carbonyl (C=O) groups is 1. The maximum Gasteiger partial charge on any atom is 0.224 e. The lowest BCUT2D eigenvalue weighted by atomic mass is 10.0. The predicted molar refractivity (Wildman–Crippen MR) is 93.4 cm³/mol. The summed E-state index contributed by atoms with van der Waals surface area (Å²) in [4.78, 5) is 14.1. The molecule has 1 aromatic rings. The number of hydrogen-bond acceptors (Lipinski definition) is 1. The highest BCUT2D eigenvalue weighted by Crippen LogP contribution is 2.27. The third-order valence-corrected chi connectivity index (χ3v) is 4.42. The van der Waals surface area contributed by atoms with Gasteiger partial charge < -0.3 is 4.90 Å². The fourth-order valence-electron chi connectivity index (χ4n) is 2.53. The van der Waals surface area contributed by atoms with E-state index in [1.165, 1.54) is 0 Å². The molecule has 2 nitrogen and oxygen atoms in total. The van der Waals surface area contributed by atoms with E-state index in [0.29, 0.717) is 0 Å². The molecule has 1 rings (SSSR count). The number of amides is 1. The van der Waals surface area contributed by atoms with Crippen LogP contribution in [0.3, 0.4) is 0 Å². The van der Waals surface area contributed by atoms with Gasteiger partial charge in [-0.1, -0.05) is 29.3 Å². The molecule has 1 amide bonds. The van der Waals surface area contributed by atoms with Gasteiger partial charge in [0.25, 0.3) is 0 Å². The van der Waals surface area contributed by atoms with Gasteiger partial charge in [0.2, 0.25) is 5.91 Å². The Hall–Kier alpha value is -1.27. The lowest BCUT2D eigenvalue weighted by molar-refractivity contribution is -0.117. The van der Waals surface area contributed by atoms with Gasteiger partial charge in [-0.15, -0.1) is 11.8 Å². The number of halogens is 1. The van der Waals surface area contributed by atoms with Crippen LogP contribution in [0, 0.1) is 18.8 Å². The van der Waals surface area contributed by atoms with E-state index in [1.807, 2.05) is 30.9 Å². The number of aryl methyl sites for hydroxylation is 1. The highest BCUT2D eigenvalue weighted by molar-refractivity contribution is 9.10. The summed E-state index contributed by atoms with van der Waals surface area (Å²) in [6.07, 6.45) is 3.81. The van der Waals surface area contributed by atoms with Gasteiger partial charge in [-0.05, 0) is 50.5 Å². The van der Waals surface area contributed by atoms with Crippen molar-refractivity contribution >= 4 is 27.5 Å². The van der Waals surface area contributed by atoms with E-state index >= 15 is 0 Å². The zero-order chi connectivity index (χ0) is 15.8. The fraction of sp³-hybridized carbons (Fsp3) is 0.500. The van der Waals surface area contributed by atoms with Crippen LogP contribution in [0.25, 0.3) is 0 Å². The zero-order valence-electron chi connectivity index (χ0n) is 13.4. The molecule has 0 heterocycles. The summed E-state index contributed by atoms with van der Waals surface area (Å²) < 4.78 is 1.07. The Morgan fingerprint density at radius 2 is 2.10 bits per heavy atom. The molecule has 1 aromatic carbocycles. The monoisotopic (exact) mass is 349 g/mol. The van der Waals surface area contributed by atoms with Gasteiger partial charge in [0.05, 0.1) is 0 Å². The molecule has 0 saturated heterocycles. The molecule has 0 saturated carbocycles. The van der Waals surface area contributed by atoms with E-state index in [-0.39, 0.29) is 11.9 Å². The first-order chi connectivity index (χ1) is 10.0. The lowest BCUT2D eigenvalue weighted by Gasteiger charge is -2.31. The molecule has 0 radical (unpaired) electrons. The van der Waals surface area contributed by atoms with Crippen LogP contribution >= 0.6 is 15.9 Å². The number of carbonyl (C=O) groups excluding carboxylic acids is 1. The maximum absolute atomic E-state index is 12.2. The molecule has 0 spiro atoms. The summed E-state index contributed by atoms with van der Waals surface area (Å²) in [5, 5.41) is 0. The predicted octanol–water partition coefficient (Wildman–Crippen LogP) is 5.08. The molecular formula is C18H24BrNO. The largest absolute Gasteiger partial charge is 0.310 e. The van der Waals surface area contributed by atoms with Crippen molar-refractivity contribution in [2.24, 2.45) is 0 Å². The number of hydrogen-bond donors (Lipinski definition) is 0. The number of benzene rings is 1. The second-order valence-corrected chi connectivity index (χ2v) is 6.08. The Bertz CT molecular complexity index is 542. The minimum absolute atomic E-state index is 0.0969. The second kappa shape index (κ2) is 8.89. The third kappa shape index (κ3) is 5.21. The van der Waals surface area contributed by atoms with E-state index in [4.69, 9.17) is 0 Å². The summed E-state index contributed by atoms with van der Waals surface area (Å²) in [6, 6.07) is 6.30. The molecule has 114 valence electrons. The normalized spacial score (nSPS) is 11.5. The van der Waals surface area contributed by atoms with Gasteiger partial charge in [-0.2, -0.15) is 0 Å². The first kappa shape index (κ1) is 17.8. The molecule has 0 aliphatic carbocycles. The quantitative estimate of drug-likeness (QED) is 0.655. The number of rotatable bonds is 6. The molecular weight excluding hydrogens is 326 g/mol. The van der Waals surface area contributed by atoms with Crippen LogP contribution in [0.5, 0.6) is 0 Å². The van der Waals surface area contributed by atoms with E-state index in [2.05, 4.69) is 40.8 Å². The smallest absolute Gasteiger partial charge is 0.224 e. The standard InChI is InChI=1S/C18H24BrNO/c1-5-7-8-10-16(9-6-2)20(15(4)21)17-11-12-18(19)14(3)13-17/h11-13,16H,6,8-10H2,1-4H3. The Labute approximate surface area is 137 Å². The fourth-order valence-corrected chi connectivity index (χ4v) is 2.77. The maximum atomic E-state index is 12.2. The molecule has 0 aromatic heterocycles. The number of nitrogens with zero attached hydrogens (tertiary/aromatic N) is 1. The molecule has 1 atom stereocenters. The first-order valence-electron chi connectivity index (χ1n) is 7.46. The number of anilines is 1. The first-order valence-corrected chi connectivity index (χ1v) is 8.26. The molecule has 0 N–H and O–H groups in total. The SMILES string of the molecule is CC#CCCC(CCC)N(C(C)=O)c1ccc(Br)c(C)c1. The Kier molecular flexibility index (Phi) is 7.53. The average Bonchev–Trinajstić information content (AvgIpc) is 2.43. The van der Waals surface area contributed by atoms with Crippen molar-refractivity contribution in [1.29, 1.82) is 0 Å². The summed E-state index contributed by atoms with van der Waals surface area (Å²) in [6.45, 7) is 7.70. The molecule has 3 heteroatoms. The third-order valence-electron chi connectivity index (χ3n) is 3.53. The highest BCUT2D eigenvalue weighted by atomic mass is 79.9. The molecule has 0 fully saturated rings. The van der Waals surface area contributed by atoms with E-state index in [1.54, 1.807) is 6.92 Å². The van der Waals surface area contributed by atoms with Crippen LogP contribution in [0.1, 0.15) is 52.0 Å². The summed E-state index contributed by atoms with van der Waals surface area (Å²) in [5.74, 6) is 6.13. The minimum Gasteiger partial charge on any atom is -0.310 e. The second-order valence-electron chi connectivity index (χ2n) is 5.23. The van der Waals surface area contributed by atoms with Gasteiger partial charge >= 0.3 is 0 Å². The van der Waals surface area contributed by atoms with Crippen LogP contribution in [-0.4, -0.2) is 11.9 Å². The minimum atomic E-state index is 0.0969. The van der Waals surface area contributed by atoms with Crippen molar-refractivity contribution in [2.45, 2.75) is 59.4 Å². The Morgan fingerprint density at radius 3 is 2.62 bits per heavy atom. The summed E-state index contributed by atoms with van der Waals surface area (Å²) in [5.41, 5.74) is 2.12. The van der Waals surface area contributed by atoms with Crippen molar-refractivity contribution in [3.8, 4) is 11.8 Å². The Balaban J connectivity index is 3.06. The Morgan fingerprint density at radius 1 is 1.38 bits per heavy atom. The summed E-state index contributed by atoms with van der Waals surface area (Å²) >= 11 is 3.51. The molecule has 0 aliphatic heterocycles. The van der Waals surface area contributed by atoms with Crippen LogP contribution < -0.4 is 4.90 Å². The van der Waals surface area contributed by atoms with Crippen LogP contribution in [0.15, 0.2) is 22.7 Å². The van der Waals surface area contributed by atoms with Gasteiger partial charge in [0.15, 0.2) is 0 Å². The van der Waals surface area contributed by atoms with E-state index in [9.17, 15) is 4.79 Å². The molecule has 21 heavy (non-hydrogen) atoms. The van der Waals surface area contributed by atoms with Crippen molar-refractivity contribution in [1.82, 2.24) is 0 Å². The van der Waals surface area contributed by atoms with Crippen LogP contribution in [0.4, 0.5) is 5.69 Å². The van der Waals surface area contributed by atoms with Gasteiger partial charge in [-0.3, -0.25) is 4.79 Å².